The summed E-state index contributed by atoms with van der Waals surface area (Å²) in [5.74, 6) is 1.49. The minimum absolute atomic E-state index is 0.0518. The summed E-state index contributed by atoms with van der Waals surface area (Å²) in [5, 5.41) is 9.32. The Hall–Kier alpha value is -1.22. The first kappa shape index (κ1) is 12.8. The fraction of sp³-hybridized carbons (Fsp3) is 0.538. The van der Waals surface area contributed by atoms with Crippen LogP contribution in [0.25, 0.3) is 0 Å². The number of ether oxygens (including phenoxy) is 2. The Morgan fingerprint density at radius 3 is 2.12 bits per heavy atom. The van der Waals surface area contributed by atoms with Gasteiger partial charge in [0.05, 0.1) is 20.8 Å². The maximum absolute atomic E-state index is 9.32. The molecule has 1 aromatic carbocycles. The molecule has 0 fully saturated rings. The molecule has 0 spiro atoms. The normalized spacial score (nSPS) is 11.4. The molecule has 0 aliphatic carbocycles. The number of hydrogen-bond acceptors (Lipinski definition) is 3. The van der Waals surface area contributed by atoms with E-state index in [0.29, 0.717) is 0 Å². The van der Waals surface area contributed by atoms with Crippen molar-refractivity contribution in [3.8, 4) is 11.5 Å². The molecule has 0 amide bonds. The van der Waals surface area contributed by atoms with E-state index in [4.69, 9.17) is 9.47 Å². The zero-order valence-corrected chi connectivity index (χ0v) is 10.6. The van der Waals surface area contributed by atoms with Gasteiger partial charge in [-0.15, -0.1) is 0 Å². The highest BCUT2D eigenvalue weighted by Crippen LogP contribution is 2.37. The third-order valence-corrected chi connectivity index (χ3v) is 2.56. The number of rotatable bonds is 3. The van der Waals surface area contributed by atoms with Gasteiger partial charge in [0.1, 0.15) is 11.5 Å². The highest BCUT2D eigenvalue weighted by atomic mass is 16.5. The molecule has 0 bridgehead atoms. The Bertz CT molecular complexity index is 364. The van der Waals surface area contributed by atoms with Gasteiger partial charge in [-0.25, -0.2) is 0 Å². The molecule has 0 saturated carbocycles. The van der Waals surface area contributed by atoms with Crippen LogP contribution in [-0.2, 0) is 12.0 Å². The third kappa shape index (κ3) is 2.47. The summed E-state index contributed by atoms with van der Waals surface area (Å²) in [6.07, 6.45) is 0. The van der Waals surface area contributed by atoms with Crippen LogP contribution in [0.2, 0.25) is 0 Å². The van der Waals surface area contributed by atoms with Crippen molar-refractivity contribution < 1.29 is 14.6 Å². The number of hydrogen-bond donors (Lipinski definition) is 1. The van der Waals surface area contributed by atoms with Gasteiger partial charge in [-0.05, 0) is 17.5 Å². The molecule has 0 atom stereocenters. The molecule has 3 nitrogen and oxygen atoms in total. The van der Waals surface area contributed by atoms with E-state index in [1.54, 1.807) is 20.3 Å². The largest absolute Gasteiger partial charge is 0.497 e. The van der Waals surface area contributed by atoms with Crippen LogP contribution in [-0.4, -0.2) is 19.3 Å². The van der Waals surface area contributed by atoms with Gasteiger partial charge in [0, 0.05) is 11.1 Å². The molecule has 3 heteroatoms. The van der Waals surface area contributed by atoms with Crippen molar-refractivity contribution in [3.63, 3.8) is 0 Å². The topological polar surface area (TPSA) is 38.7 Å². The molecular weight excluding hydrogens is 204 g/mol. The first-order valence-corrected chi connectivity index (χ1v) is 5.30. The molecular formula is C13H20O3. The highest BCUT2D eigenvalue weighted by molar-refractivity contribution is 5.50. The summed E-state index contributed by atoms with van der Waals surface area (Å²) < 4.78 is 10.6. The van der Waals surface area contributed by atoms with Crippen LogP contribution in [0.4, 0.5) is 0 Å². The van der Waals surface area contributed by atoms with Crippen LogP contribution in [0.5, 0.6) is 11.5 Å². The second-order valence-electron chi connectivity index (χ2n) is 4.78. The van der Waals surface area contributed by atoms with Gasteiger partial charge in [0.25, 0.3) is 0 Å². The van der Waals surface area contributed by atoms with Gasteiger partial charge >= 0.3 is 0 Å². The fourth-order valence-electron chi connectivity index (χ4n) is 1.69. The van der Waals surface area contributed by atoms with E-state index in [9.17, 15) is 5.11 Å². The van der Waals surface area contributed by atoms with Crippen LogP contribution in [0.3, 0.4) is 0 Å². The van der Waals surface area contributed by atoms with Crippen LogP contribution in [0.15, 0.2) is 12.1 Å². The number of methoxy groups -OCH3 is 2. The summed E-state index contributed by atoms with van der Waals surface area (Å²) in [6.45, 7) is 6.26. The predicted molar refractivity (Wildman–Crippen MR) is 64.2 cm³/mol. The van der Waals surface area contributed by atoms with Crippen molar-refractivity contribution in [2.24, 2.45) is 0 Å². The highest BCUT2D eigenvalue weighted by Gasteiger charge is 2.22. The predicted octanol–water partition coefficient (Wildman–Crippen LogP) is 2.49. The van der Waals surface area contributed by atoms with E-state index >= 15 is 0 Å². The van der Waals surface area contributed by atoms with Crippen molar-refractivity contribution in [2.75, 3.05) is 14.2 Å². The lowest BCUT2D eigenvalue weighted by Crippen LogP contribution is -2.14. The molecule has 0 heterocycles. The molecule has 1 aromatic rings. The van der Waals surface area contributed by atoms with Gasteiger partial charge in [0.2, 0.25) is 0 Å². The van der Waals surface area contributed by atoms with Crippen molar-refractivity contribution in [3.05, 3.63) is 23.3 Å². The summed E-state index contributed by atoms with van der Waals surface area (Å²) in [6, 6.07) is 3.76. The first-order valence-electron chi connectivity index (χ1n) is 5.30. The smallest absolute Gasteiger partial charge is 0.128 e. The molecule has 16 heavy (non-hydrogen) atoms. The van der Waals surface area contributed by atoms with Crippen LogP contribution >= 0.6 is 0 Å². The number of aliphatic hydroxyl groups excluding tert-OH is 1. The zero-order valence-electron chi connectivity index (χ0n) is 10.6. The molecule has 90 valence electrons. The minimum Gasteiger partial charge on any atom is -0.497 e. The zero-order chi connectivity index (χ0) is 12.3. The van der Waals surface area contributed by atoms with Gasteiger partial charge in [0.15, 0.2) is 0 Å². The quantitative estimate of drug-likeness (QED) is 0.857. The van der Waals surface area contributed by atoms with E-state index in [1.165, 1.54) is 0 Å². The van der Waals surface area contributed by atoms with E-state index in [-0.39, 0.29) is 12.0 Å². The lowest BCUT2D eigenvalue weighted by atomic mass is 9.85. The lowest BCUT2D eigenvalue weighted by Gasteiger charge is -2.24. The van der Waals surface area contributed by atoms with Crippen LogP contribution < -0.4 is 9.47 Å². The standard InChI is InChI=1S/C13H20O3/c1-13(2,3)11-7-10(15-4)6-9(8-14)12(11)16-5/h6-7,14H,8H2,1-5H3. The molecule has 0 radical (unpaired) electrons. The summed E-state index contributed by atoms with van der Waals surface area (Å²) in [5.41, 5.74) is 1.74. The van der Waals surface area contributed by atoms with Crippen molar-refractivity contribution in [1.82, 2.24) is 0 Å². The Morgan fingerprint density at radius 2 is 1.75 bits per heavy atom. The van der Waals surface area contributed by atoms with Crippen LogP contribution in [0, 0.1) is 0 Å². The Morgan fingerprint density at radius 1 is 1.12 bits per heavy atom. The van der Waals surface area contributed by atoms with Crippen molar-refractivity contribution in [1.29, 1.82) is 0 Å². The van der Waals surface area contributed by atoms with E-state index < -0.39 is 0 Å². The van der Waals surface area contributed by atoms with Gasteiger partial charge < -0.3 is 14.6 Å². The Balaban J connectivity index is 3.43. The molecule has 1 N–H and O–H groups in total. The van der Waals surface area contributed by atoms with E-state index in [0.717, 1.165) is 22.6 Å². The fourth-order valence-corrected chi connectivity index (χ4v) is 1.69. The first-order chi connectivity index (χ1) is 7.43. The van der Waals surface area contributed by atoms with Crippen molar-refractivity contribution in [2.45, 2.75) is 32.8 Å². The maximum Gasteiger partial charge on any atom is 0.128 e. The second-order valence-corrected chi connectivity index (χ2v) is 4.78. The Kier molecular flexibility index (Phi) is 3.81. The van der Waals surface area contributed by atoms with E-state index in [2.05, 4.69) is 20.8 Å². The van der Waals surface area contributed by atoms with Gasteiger partial charge in [-0.2, -0.15) is 0 Å². The number of aliphatic hydroxyl groups is 1. The average Bonchev–Trinajstić information content (AvgIpc) is 2.25. The monoisotopic (exact) mass is 224 g/mol. The number of benzene rings is 1. The average molecular weight is 224 g/mol. The molecule has 1 rings (SSSR count). The molecule has 0 saturated heterocycles. The molecule has 0 aliphatic rings. The SMILES string of the molecule is COc1cc(CO)c(OC)c(C(C)(C)C)c1. The van der Waals surface area contributed by atoms with Gasteiger partial charge in [-0.3, -0.25) is 0 Å². The second kappa shape index (κ2) is 4.74. The molecule has 0 aliphatic heterocycles. The minimum atomic E-state index is -0.0521. The lowest BCUT2D eigenvalue weighted by molar-refractivity contribution is 0.271. The van der Waals surface area contributed by atoms with Crippen molar-refractivity contribution >= 4 is 0 Å². The van der Waals surface area contributed by atoms with Gasteiger partial charge in [-0.1, -0.05) is 20.8 Å². The Labute approximate surface area is 97.0 Å². The summed E-state index contributed by atoms with van der Waals surface area (Å²) in [7, 11) is 3.24. The summed E-state index contributed by atoms with van der Waals surface area (Å²) >= 11 is 0. The third-order valence-electron chi connectivity index (χ3n) is 2.56. The van der Waals surface area contributed by atoms with E-state index in [1.807, 2.05) is 6.07 Å². The molecule has 0 aromatic heterocycles. The summed E-state index contributed by atoms with van der Waals surface area (Å²) in [4.78, 5) is 0. The molecule has 0 unspecified atom stereocenters. The maximum atomic E-state index is 9.32. The van der Waals surface area contributed by atoms with Crippen LogP contribution in [0.1, 0.15) is 31.9 Å².